The van der Waals surface area contributed by atoms with Gasteiger partial charge in [0.2, 0.25) is 6.41 Å². The van der Waals surface area contributed by atoms with Crippen molar-refractivity contribution in [3.8, 4) is 0 Å². The number of carbonyl (C=O) groups excluding carboxylic acids is 2. The molecule has 0 radical (unpaired) electrons. The van der Waals surface area contributed by atoms with Crippen LogP contribution >= 0.6 is 0 Å². The Morgan fingerprint density at radius 3 is 2.83 bits per heavy atom. The van der Waals surface area contributed by atoms with Gasteiger partial charge in [0.25, 0.3) is 0 Å². The summed E-state index contributed by atoms with van der Waals surface area (Å²) in [5.41, 5.74) is 2.79. The van der Waals surface area contributed by atoms with E-state index in [0.717, 1.165) is 6.42 Å². The van der Waals surface area contributed by atoms with Gasteiger partial charge in [-0.1, -0.05) is 0 Å². The molecule has 102 valence electrons. The summed E-state index contributed by atoms with van der Waals surface area (Å²) in [5.74, 6) is -1.14. The van der Waals surface area contributed by atoms with Crippen molar-refractivity contribution in [2.75, 3.05) is 6.54 Å². The maximum absolute atomic E-state index is 10.8. The molecule has 0 saturated carbocycles. The van der Waals surface area contributed by atoms with Crippen LogP contribution in [0.1, 0.15) is 19.3 Å². The van der Waals surface area contributed by atoms with E-state index in [1.165, 1.54) is 5.01 Å². The summed E-state index contributed by atoms with van der Waals surface area (Å²) in [6, 6.07) is -1.50. The van der Waals surface area contributed by atoms with Crippen molar-refractivity contribution in [3.63, 3.8) is 0 Å². The predicted octanol–water partition coefficient (Wildman–Crippen LogP) is -1.94. The van der Waals surface area contributed by atoms with E-state index in [2.05, 4.69) is 10.7 Å². The van der Waals surface area contributed by atoms with Crippen LogP contribution in [0.3, 0.4) is 0 Å². The molecule has 18 heavy (non-hydrogen) atoms. The second-order valence-corrected chi connectivity index (χ2v) is 4.08. The van der Waals surface area contributed by atoms with Gasteiger partial charge in [0.15, 0.2) is 0 Å². The van der Waals surface area contributed by atoms with E-state index in [0.29, 0.717) is 25.7 Å². The minimum absolute atomic E-state index is 0.415. The van der Waals surface area contributed by atoms with Gasteiger partial charge in [0.1, 0.15) is 12.5 Å². The highest BCUT2D eigenvalue weighted by molar-refractivity contribution is 5.73. The van der Waals surface area contributed by atoms with E-state index in [1.807, 2.05) is 0 Å². The molecule has 1 amide bonds. The van der Waals surface area contributed by atoms with Gasteiger partial charge in [0.05, 0.1) is 18.5 Å². The van der Waals surface area contributed by atoms with Crippen LogP contribution in [-0.2, 0) is 14.4 Å². The van der Waals surface area contributed by atoms with E-state index >= 15 is 0 Å². The molecule has 4 N–H and O–H groups in total. The summed E-state index contributed by atoms with van der Waals surface area (Å²) >= 11 is 0. The topological polar surface area (TPSA) is 119 Å². The van der Waals surface area contributed by atoms with Crippen LogP contribution in [0, 0.1) is 0 Å². The van der Waals surface area contributed by atoms with E-state index in [-0.39, 0.29) is 0 Å². The second-order valence-electron chi connectivity index (χ2n) is 4.08. The average molecular weight is 259 g/mol. The first-order valence-corrected chi connectivity index (χ1v) is 5.66. The Balaban J connectivity index is 2.55. The summed E-state index contributed by atoms with van der Waals surface area (Å²) in [6.45, 7) is 0.633. The van der Waals surface area contributed by atoms with Crippen LogP contribution in [0.15, 0.2) is 0 Å². The quantitative estimate of drug-likeness (QED) is 0.310. The number of carboxylic acid groups (broad SMARTS) is 1. The summed E-state index contributed by atoms with van der Waals surface area (Å²) < 4.78 is 0. The van der Waals surface area contributed by atoms with E-state index in [4.69, 9.17) is 5.11 Å². The van der Waals surface area contributed by atoms with E-state index in [1.54, 1.807) is 0 Å². The number of nitrogens with one attached hydrogen (secondary N) is 2. The van der Waals surface area contributed by atoms with Gasteiger partial charge in [0, 0.05) is 6.54 Å². The van der Waals surface area contributed by atoms with E-state index in [9.17, 15) is 19.5 Å². The molecule has 0 aromatic rings. The van der Waals surface area contributed by atoms with Crippen LogP contribution in [0.2, 0.25) is 0 Å². The number of hydrogen-bond acceptors (Lipinski definition) is 6. The highest BCUT2D eigenvalue weighted by atomic mass is 16.4. The third kappa shape index (κ3) is 4.06. The molecule has 1 saturated heterocycles. The number of carbonyl (C=O) groups is 3. The third-order valence-electron chi connectivity index (χ3n) is 2.75. The molecule has 0 aromatic heterocycles. The van der Waals surface area contributed by atoms with Gasteiger partial charge in [-0.3, -0.25) is 19.9 Å². The summed E-state index contributed by atoms with van der Waals surface area (Å²) in [6.07, 6.45) is 0.761. The number of aliphatic hydroxyl groups is 1. The maximum Gasteiger partial charge on any atom is 0.305 e. The minimum atomic E-state index is -1.16. The van der Waals surface area contributed by atoms with Gasteiger partial charge >= 0.3 is 5.97 Å². The summed E-state index contributed by atoms with van der Waals surface area (Å²) in [7, 11) is 0. The number of rotatable bonds is 7. The molecule has 0 aliphatic carbocycles. The van der Waals surface area contributed by atoms with Crippen molar-refractivity contribution in [2.24, 2.45) is 0 Å². The SMILES string of the molecule is O=C[C@H](CC(=O)O)NC(O)[C@@H]1CCCNN1C=O. The van der Waals surface area contributed by atoms with Gasteiger partial charge in [-0.05, 0) is 12.8 Å². The highest BCUT2D eigenvalue weighted by Crippen LogP contribution is 2.12. The van der Waals surface area contributed by atoms with Crippen LogP contribution < -0.4 is 10.7 Å². The number of carboxylic acids is 1. The molecular weight excluding hydrogens is 242 g/mol. The Morgan fingerprint density at radius 2 is 2.28 bits per heavy atom. The van der Waals surface area contributed by atoms with Gasteiger partial charge in [-0.25, -0.2) is 5.43 Å². The number of hydrogen-bond donors (Lipinski definition) is 4. The van der Waals surface area contributed by atoms with Crippen LogP contribution in [0.4, 0.5) is 0 Å². The molecule has 3 atom stereocenters. The highest BCUT2D eigenvalue weighted by Gasteiger charge is 2.29. The van der Waals surface area contributed by atoms with Crippen molar-refractivity contribution in [1.82, 2.24) is 15.8 Å². The smallest absolute Gasteiger partial charge is 0.305 e. The lowest BCUT2D eigenvalue weighted by molar-refractivity contribution is -0.139. The number of aliphatic hydroxyl groups excluding tert-OH is 1. The first-order chi connectivity index (χ1) is 8.58. The summed E-state index contributed by atoms with van der Waals surface area (Å²) in [5, 5.41) is 22.2. The van der Waals surface area contributed by atoms with Crippen LogP contribution in [-0.4, -0.2) is 58.7 Å². The lowest BCUT2D eigenvalue weighted by Gasteiger charge is -2.36. The van der Waals surface area contributed by atoms with Crippen molar-refractivity contribution in [2.45, 2.75) is 37.6 Å². The molecule has 0 aromatic carbocycles. The molecule has 1 unspecified atom stereocenters. The molecule has 1 aliphatic rings. The molecule has 1 heterocycles. The lowest BCUT2D eigenvalue weighted by Crippen LogP contribution is -2.59. The van der Waals surface area contributed by atoms with Crippen LogP contribution in [0.25, 0.3) is 0 Å². The zero-order chi connectivity index (χ0) is 13.5. The molecule has 1 aliphatic heterocycles. The molecule has 1 fully saturated rings. The normalized spacial score (nSPS) is 23.2. The van der Waals surface area contributed by atoms with Crippen molar-refractivity contribution in [1.29, 1.82) is 0 Å². The number of amides is 1. The fourth-order valence-electron chi connectivity index (χ4n) is 1.87. The largest absolute Gasteiger partial charge is 0.481 e. The monoisotopic (exact) mass is 259 g/mol. The Hall–Kier alpha value is -1.51. The maximum atomic E-state index is 10.8. The van der Waals surface area contributed by atoms with E-state index < -0.39 is 30.7 Å². The number of aliphatic carboxylic acids is 1. The summed E-state index contributed by atoms with van der Waals surface area (Å²) in [4.78, 5) is 31.9. The lowest BCUT2D eigenvalue weighted by atomic mass is 10.1. The molecular formula is C10H17N3O5. The van der Waals surface area contributed by atoms with Crippen molar-refractivity contribution >= 4 is 18.7 Å². The number of hydrazine groups is 1. The second kappa shape index (κ2) is 7.04. The zero-order valence-corrected chi connectivity index (χ0v) is 9.78. The third-order valence-corrected chi connectivity index (χ3v) is 2.75. The van der Waals surface area contributed by atoms with Crippen molar-refractivity contribution < 1.29 is 24.6 Å². The Labute approximate surface area is 104 Å². The Kier molecular flexibility index (Phi) is 5.69. The first kappa shape index (κ1) is 14.6. The number of nitrogens with zero attached hydrogens (tertiary/aromatic N) is 1. The van der Waals surface area contributed by atoms with Gasteiger partial charge < -0.3 is 15.0 Å². The predicted molar refractivity (Wildman–Crippen MR) is 60.2 cm³/mol. The molecule has 0 spiro atoms. The zero-order valence-electron chi connectivity index (χ0n) is 9.78. The standard InChI is InChI=1S/C10H17N3O5/c14-5-7(4-9(16)17)12-10(18)8-2-1-3-11-13(8)6-15/h5-8,10-12,18H,1-4H2,(H,16,17)/t7-,8-,10?/m0/s1. The molecule has 8 heteroatoms. The van der Waals surface area contributed by atoms with Crippen LogP contribution in [0.5, 0.6) is 0 Å². The van der Waals surface area contributed by atoms with Gasteiger partial charge in [-0.15, -0.1) is 0 Å². The minimum Gasteiger partial charge on any atom is -0.481 e. The van der Waals surface area contributed by atoms with Gasteiger partial charge in [-0.2, -0.15) is 0 Å². The molecule has 0 bridgehead atoms. The Bertz CT molecular complexity index is 312. The fraction of sp³-hybridized carbons (Fsp3) is 0.700. The fourth-order valence-corrected chi connectivity index (χ4v) is 1.87. The average Bonchev–Trinajstić information content (AvgIpc) is 2.37. The van der Waals surface area contributed by atoms with Crippen molar-refractivity contribution in [3.05, 3.63) is 0 Å². The molecule has 1 rings (SSSR count). The first-order valence-electron chi connectivity index (χ1n) is 5.66. The molecule has 8 nitrogen and oxygen atoms in total. The number of aldehydes is 1. The Morgan fingerprint density at radius 1 is 1.56 bits per heavy atom.